The molecule has 2 aromatic rings. The van der Waals surface area contributed by atoms with Crippen LogP contribution in [0.3, 0.4) is 0 Å². The fourth-order valence-corrected chi connectivity index (χ4v) is 7.15. The third kappa shape index (κ3) is 11.3. The second-order valence-electron chi connectivity index (χ2n) is 16.2. The highest BCUT2D eigenvalue weighted by Crippen LogP contribution is 2.33. The normalized spacial score (nSPS) is 17.9. The van der Waals surface area contributed by atoms with Crippen molar-refractivity contribution >= 4 is 29.8 Å². The highest BCUT2D eigenvalue weighted by atomic mass is 16.6. The van der Waals surface area contributed by atoms with Crippen molar-refractivity contribution in [1.29, 1.82) is 0 Å². The van der Waals surface area contributed by atoms with Crippen molar-refractivity contribution in [1.82, 2.24) is 14.7 Å². The predicted octanol–water partition coefficient (Wildman–Crippen LogP) is 5.47. The lowest BCUT2D eigenvalue weighted by Crippen LogP contribution is -2.71. The number of rotatable bonds is 14. The van der Waals surface area contributed by atoms with Gasteiger partial charge in [-0.25, -0.2) is 14.5 Å². The van der Waals surface area contributed by atoms with Gasteiger partial charge in [-0.2, -0.15) is 0 Å². The van der Waals surface area contributed by atoms with Crippen LogP contribution in [0.1, 0.15) is 86.3 Å². The molecule has 3 rings (SSSR count). The van der Waals surface area contributed by atoms with Gasteiger partial charge in [-0.05, 0) is 81.4 Å². The number of methoxy groups -OCH3 is 1. The Morgan fingerprint density at radius 3 is 1.95 bits per heavy atom. The van der Waals surface area contributed by atoms with E-state index in [0.717, 1.165) is 26.5 Å². The lowest BCUT2D eigenvalue weighted by Gasteiger charge is -2.46. The standard InChI is InChI=1S/C43H63N5O7/c1-11-36(49)48(37(28(2)3)39(51)54-10)40(52)43(45,29(4)5)46-23-22-34(25-33(27-46)24-31-18-14-12-15-19-31)30(6)47(41(53)55-42(7,8)9)38(50)35(44)26-32-20-16-13-17-21-32/h12-21,25,28-30,33,35,37H,11,22-24,26-27,44-45H2,1-10H3/t30?,33?,35-,37-,43+/m0/s1. The Hall–Kier alpha value is -4.39. The molecule has 0 saturated carbocycles. The summed E-state index contributed by atoms with van der Waals surface area (Å²) in [7, 11) is 1.23. The molecule has 0 spiro atoms. The fraction of sp³-hybridized carbons (Fsp3) is 0.558. The molecular formula is C43H63N5O7. The van der Waals surface area contributed by atoms with Crippen LogP contribution in [0.25, 0.3) is 0 Å². The van der Waals surface area contributed by atoms with Gasteiger partial charge in [0.2, 0.25) is 11.8 Å². The van der Waals surface area contributed by atoms with Crippen LogP contribution in [0.2, 0.25) is 0 Å². The molecule has 1 aliphatic rings. The number of amides is 4. The number of benzene rings is 2. The molecular weight excluding hydrogens is 699 g/mol. The second kappa shape index (κ2) is 19.5. The summed E-state index contributed by atoms with van der Waals surface area (Å²) in [5, 5.41) is 0. The summed E-state index contributed by atoms with van der Waals surface area (Å²) in [6, 6.07) is 16.3. The summed E-state index contributed by atoms with van der Waals surface area (Å²) in [6.45, 7) is 16.3. The molecule has 0 radical (unpaired) electrons. The van der Waals surface area contributed by atoms with Crippen LogP contribution in [0, 0.1) is 17.8 Å². The van der Waals surface area contributed by atoms with Gasteiger partial charge in [-0.15, -0.1) is 0 Å². The number of imide groups is 2. The maximum absolute atomic E-state index is 14.9. The molecule has 1 heterocycles. The summed E-state index contributed by atoms with van der Waals surface area (Å²) in [5.41, 5.74) is 13.8. The van der Waals surface area contributed by atoms with Crippen molar-refractivity contribution in [2.45, 2.75) is 117 Å². The molecule has 0 saturated heterocycles. The van der Waals surface area contributed by atoms with E-state index in [2.05, 4.69) is 6.08 Å². The first-order valence-corrected chi connectivity index (χ1v) is 19.3. The van der Waals surface area contributed by atoms with E-state index in [1.165, 1.54) is 7.11 Å². The molecule has 12 nitrogen and oxygen atoms in total. The van der Waals surface area contributed by atoms with Gasteiger partial charge >= 0.3 is 12.1 Å². The number of hydrogen-bond donors (Lipinski definition) is 2. The number of carbonyl (C=O) groups is 5. The van der Waals surface area contributed by atoms with Crippen LogP contribution in [-0.4, -0.2) is 94.1 Å². The van der Waals surface area contributed by atoms with Gasteiger partial charge < -0.3 is 20.9 Å². The Bertz CT molecular complexity index is 1660. The minimum Gasteiger partial charge on any atom is -0.467 e. The highest BCUT2D eigenvalue weighted by molar-refractivity contribution is 6.03. The van der Waals surface area contributed by atoms with Gasteiger partial charge in [0.05, 0.1) is 19.2 Å². The van der Waals surface area contributed by atoms with Crippen LogP contribution in [0.5, 0.6) is 0 Å². The average molecular weight is 762 g/mol. The maximum Gasteiger partial charge on any atom is 0.417 e. The minimum atomic E-state index is -1.73. The molecule has 4 amide bonds. The molecule has 4 N–H and O–H groups in total. The summed E-state index contributed by atoms with van der Waals surface area (Å²) in [4.78, 5) is 73.7. The van der Waals surface area contributed by atoms with Crippen LogP contribution >= 0.6 is 0 Å². The van der Waals surface area contributed by atoms with Crippen molar-refractivity contribution in [2.75, 3.05) is 20.2 Å². The van der Waals surface area contributed by atoms with E-state index < -0.39 is 71.0 Å². The molecule has 12 heteroatoms. The topological polar surface area (TPSA) is 166 Å². The number of esters is 1. The Labute approximate surface area is 327 Å². The van der Waals surface area contributed by atoms with Gasteiger partial charge in [0.1, 0.15) is 11.6 Å². The average Bonchev–Trinajstić information content (AvgIpc) is 3.35. The maximum atomic E-state index is 14.9. The lowest BCUT2D eigenvalue weighted by molar-refractivity contribution is -0.169. The van der Waals surface area contributed by atoms with Gasteiger partial charge in [0.15, 0.2) is 5.66 Å². The van der Waals surface area contributed by atoms with E-state index in [1.54, 1.807) is 48.5 Å². The first-order valence-electron chi connectivity index (χ1n) is 19.3. The van der Waals surface area contributed by atoms with Gasteiger partial charge in [0.25, 0.3) is 5.91 Å². The summed E-state index contributed by atoms with van der Waals surface area (Å²) >= 11 is 0. The number of nitrogens with two attached hydrogens (primary N) is 2. The van der Waals surface area contributed by atoms with Crippen LogP contribution < -0.4 is 11.5 Å². The molecule has 55 heavy (non-hydrogen) atoms. The molecule has 2 unspecified atom stereocenters. The van der Waals surface area contributed by atoms with Crippen molar-refractivity contribution in [2.24, 2.45) is 29.2 Å². The van der Waals surface area contributed by atoms with Gasteiger partial charge in [-0.3, -0.25) is 24.2 Å². The largest absolute Gasteiger partial charge is 0.467 e. The molecule has 0 fully saturated rings. The predicted molar refractivity (Wildman–Crippen MR) is 213 cm³/mol. The monoisotopic (exact) mass is 761 g/mol. The molecule has 0 aliphatic carbocycles. The summed E-state index contributed by atoms with van der Waals surface area (Å²) in [6.07, 6.45) is 2.32. The number of hydrogen-bond acceptors (Lipinski definition) is 10. The molecule has 5 atom stereocenters. The zero-order valence-electron chi connectivity index (χ0n) is 34.4. The van der Waals surface area contributed by atoms with Crippen LogP contribution in [0.4, 0.5) is 4.79 Å². The third-order valence-electron chi connectivity index (χ3n) is 10.2. The highest BCUT2D eigenvalue weighted by Gasteiger charge is 2.51. The SMILES string of the molecule is CCC(=O)N(C(=O)[C@@](N)(C(C)C)N1CCC(C(C)N(C(=O)OC(C)(C)C)C(=O)[C@@H](N)Cc2ccccc2)=CC(Cc2ccccc2)C1)[C@H](C(=O)OC)C(C)C. The van der Waals surface area contributed by atoms with Gasteiger partial charge in [-0.1, -0.05) is 101 Å². The smallest absolute Gasteiger partial charge is 0.417 e. The summed E-state index contributed by atoms with van der Waals surface area (Å²) < 4.78 is 10.9. The number of ether oxygens (including phenoxy) is 2. The first-order chi connectivity index (χ1) is 25.8. The molecule has 0 bridgehead atoms. The van der Waals surface area contributed by atoms with Crippen molar-refractivity contribution < 1.29 is 33.4 Å². The quantitative estimate of drug-likeness (QED) is 0.186. The van der Waals surface area contributed by atoms with Crippen molar-refractivity contribution in [3.8, 4) is 0 Å². The number of carbonyl (C=O) groups excluding carboxylic acids is 5. The fourth-order valence-electron chi connectivity index (χ4n) is 7.15. The minimum absolute atomic E-state index is 0.0269. The molecule has 0 aromatic heterocycles. The van der Waals surface area contributed by atoms with E-state index in [9.17, 15) is 24.0 Å². The van der Waals surface area contributed by atoms with Crippen molar-refractivity contribution in [3.05, 3.63) is 83.4 Å². The van der Waals surface area contributed by atoms with E-state index >= 15 is 0 Å². The van der Waals surface area contributed by atoms with E-state index in [4.69, 9.17) is 20.9 Å². The molecule has 2 aromatic carbocycles. The van der Waals surface area contributed by atoms with E-state index in [-0.39, 0.29) is 25.3 Å². The molecule has 302 valence electrons. The first kappa shape index (κ1) is 45.0. The van der Waals surface area contributed by atoms with E-state index in [1.807, 2.05) is 79.4 Å². The van der Waals surface area contributed by atoms with Crippen LogP contribution in [-0.2, 0) is 41.5 Å². The lowest BCUT2D eigenvalue weighted by atomic mass is 9.89. The Morgan fingerprint density at radius 2 is 1.45 bits per heavy atom. The Balaban J connectivity index is 2.13. The van der Waals surface area contributed by atoms with E-state index in [0.29, 0.717) is 19.4 Å². The Kier molecular flexibility index (Phi) is 15.9. The molecule has 1 aliphatic heterocycles. The van der Waals surface area contributed by atoms with Crippen molar-refractivity contribution in [3.63, 3.8) is 0 Å². The third-order valence-corrected chi connectivity index (χ3v) is 10.2. The number of nitrogens with zero attached hydrogens (tertiary/aromatic N) is 3. The summed E-state index contributed by atoms with van der Waals surface area (Å²) in [5.74, 6) is -3.71. The zero-order valence-corrected chi connectivity index (χ0v) is 34.4. The van der Waals surface area contributed by atoms with Crippen LogP contribution in [0.15, 0.2) is 72.3 Å². The Morgan fingerprint density at radius 1 is 0.891 bits per heavy atom. The van der Waals surface area contributed by atoms with Gasteiger partial charge in [0, 0.05) is 19.5 Å². The second-order valence-corrected chi connectivity index (χ2v) is 16.2. The zero-order chi connectivity index (χ0) is 41.2.